The quantitative estimate of drug-likeness (QED) is 0.367. The Balaban J connectivity index is 1.76. The molecule has 31 heavy (non-hydrogen) atoms. The molecule has 4 aromatic rings. The molecule has 0 N–H and O–H groups in total. The molecular weight excluding hydrogens is 426 g/mol. The number of nitrogens with zero attached hydrogens (tertiary/aromatic N) is 3. The van der Waals surface area contributed by atoms with Crippen molar-refractivity contribution in [2.24, 2.45) is 0 Å². The molecule has 7 heteroatoms. The lowest BCUT2D eigenvalue weighted by molar-refractivity contribution is 0.348. The summed E-state index contributed by atoms with van der Waals surface area (Å²) in [5.41, 5.74) is 2.52. The first-order valence-corrected chi connectivity index (χ1v) is 12.5. The van der Waals surface area contributed by atoms with E-state index in [0.29, 0.717) is 18.8 Å². The second kappa shape index (κ2) is 9.18. The summed E-state index contributed by atoms with van der Waals surface area (Å²) in [6, 6.07) is 23.2. The van der Waals surface area contributed by atoms with Gasteiger partial charge in [0.2, 0.25) is 10.0 Å². The maximum atomic E-state index is 13.8. The van der Waals surface area contributed by atoms with E-state index in [9.17, 15) is 8.42 Å². The SMILES string of the molecule is CC(C)N(Cc1ccccc1)S(=O)(=O)c1cn(Cc2ccccc2)nc1-c1cccs1. The molecule has 5 nitrogen and oxygen atoms in total. The fourth-order valence-electron chi connectivity index (χ4n) is 3.46. The Labute approximate surface area is 187 Å². The molecule has 0 bridgehead atoms. The molecule has 0 aliphatic carbocycles. The van der Waals surface area contributed by atoms with Crippen LogP contribution in [0.25, 0.3) is 10.6 Å². The van der Waals surface area contributed by atoms with Crippen molar-refractivity contribution in [1.29, 1.82) is 0 Å². The van der Waals surface area contributed by atoms with Crippen molar-refractivity contribution in [2.45, 2.75) is 37.9 Å². The highest BCUT2D eigenvalue weighted by molar-refractivity contribution is 7.89. The van der Waals surface area contributed by atoms with Gasteiger partial charge in [-0.15, -0.1) is 11.3 Å². The van der Waals surface area contributed by atoms with Gasteiger partial charge in [-0.1, -0.05) is 66.7 Å². The van der Waals surface area contributed by atoms with Crippen molar-refractivity contribution in [3.8, 4) is 10.6 Å². The van der Waals surface area contributed by atoms with Gasteiger partial charge in [-0.3, -0.25) is 4.68 Å². The highest BCUT2D eigenvalue weighted by atomic mass is 32.2. The minimum Gasteiger partial charge on any atom is -0.266 e. The van der Waals surface area contributed by atoms with Crippen LogP contribution in [0.4, 0.5) is 0 Å². The van der Waals surface area contributed by atoms with Crippen LogP contribution in [0.5, 0.6) is 0 Å². The third kappa shape index (κ3) is 4.79. The van der Waals surface area contributed by atoms with E-state index in [-0.39, 0.29) is 10.9 Å². The molecule has 0 atom stereocenters. The summed E-state index contributed by atoms with van der Waals surface area (Å²) >= 11 is 1.49. The Morgan fingerprint density at radius 2 is 1.58 bits per heavy atom. The van der Waals surface area contributed by atoms with Gasteiger partial charge in [0.05, 0.1) is 11.4 Å². The van der Waals surface area contributed by atoms with E-state index in [1.54, 1.807) is 15.2 Å². The molecule has 0 amide bonds. The van der Waals surface area contributed by atoms with E-state index < -0.39 is 10.0 Å². The zero-order valence-corrected chi connectivity index (χ0v) is 19.2. The molecular formula is C24H25N3O2S2. The van der Waals surface area contributed by atoms with Crippen molar-refractivity contribution in [2.75, 3.05) is 0 Å². The summed E-state index contributed by atoms with van der Waals surface area (Å²) in [7, 11) is -3.77. The number of benzene rings is 2. The maximum absolute atomic E-state index is 13.8. The van der Waals surface area contributed by atoms with Crippen LogP contribution in [-0.4, -0.2) is 28.5 Å². The summed E-state index contributed by atoms with van der Waals surface area (Å²) in [5, 5.41) is 6.62. The number of hydrogen-bond acceptors (Lipinski definition) is 4. The van der Waals surface area contributed by atoms with Crippen molar-refractivity contribution in [3.05, 3.63) is 95.5 Å². The lowest BCUT2D eigenvalue weighted by atomic mass is 10.2. The monoisotopic (exact) mass is 451 g/mol. The predicted molar refractivity (Wildman–Crippen MR) is 125 cm³/mol. The van der Waals surface area contributed by atoms with Gasteiger partial charge in [-0.25, -0.2) is 8.42 Å². The van der Waals surface area contributed by atoms with Crippen molar-refractivity contribution in [3.63, 3.8) is 0 Å². The van der Waals surface area contributed by atoms with Gasteiger partial charge in [-0.05, 0) is 36.4 Å². The van der Waals surface area contributed by atoms with E-state index in [0.717, 1.165) is 16.0 Å². The molecule has 0 spiro atoms. The molecule has 2 heterocycles. The normalized spacial score (nSPS) is 12.0. The average Bonchev–Trinajstić information content (AvgIpc) is 3.43. The van der Waals surface area contributed by atoms with Crippen LogP contribution in [0.3, 0.4) is 0 Å². The third-order valence-electron chi connectivity index (χ3n) is 5.01. The number of thiophene rings is 1. The van der Waals surface area contributed by atoms with Crippen LogP contribution in [0, 0.1) is 0 Å². The smallest absolute Gasteiger partial charge is 0.247 e. The Bertz CT molecular complexity index is 1220. The minimum absolute atomic E-state index is 0.195. The number of aromatic nitrogens is 2. The van der Waals surface area contributed by atoms with Crippen molar-refractivity contribution in [1.82, 2.24) is 14.1 Å². The first kappa shape index (κ1) is 21.5. The number of rotatable bonds is 8. The van der Waals surface area contributed by atoms with Gasteiger partial charge in [-0.2, -0.15) is 9.40 Å². The molecule has 0 aliphatic rings. The van der Waals surface area contributed by atoms with Gasteiger partial charge in [0.1, 0.15) is 10.6 Å². The first-order chi connectivity index (χ1) is 14.9. The molecule has 2 aromatic heterocycles. The summed E-state index contributed by atoms with van der Waals surface area (Å²) in [4.78, 5) is 1.09. The molecule has 0 radical (unpaired) electrons. The molecule has 2 aromatic carbocycles. The lowest BCUT2D eigenvalue weighted by Crippen LogP contribution is -2.36. The van der Waals surface area contributed by atoms with E-state index in [1.807, 2.05) is 92.0 Å². The van der Waals surface area contributed by atoms with Crippen LogP contribution < -0.4 is 0 Å². The predicted octanol–water partition coefficient (Wildman–Crippen LogP) is 5.26. The molecule has 0 unspecified atom stereocenters. The van der Waals surface area contributed by atoms with Gasteiger partial charge in [0, 0.05) is 18.8 Å². The number of sulfonamides is 1. The summed E-state index contributed by atoms with van der Waals surface area (Å²) in [6.45, 7) is 4.63. The fourth-order valence-corrected chi connectivity index (χ4v) is 6.03. The maximum Gasteiger partial charge on any atom is 0.247 e. The highest BCUT2D eigenvalue weighted by Crippen LogP contribution is 2.33. The second-order valence-electron chi connectivity index (χ2n) is 7.63. The second-order valence-corrected chi connectivity index (χ2v) is 10.4. The molecule has 0 saturated heterocycles. The van der Waals surface area contributed by atoms with Gasteiger partial charge < -0.3 is 0 Å². The van der Waals surface area contributed by atoms with E-state index >= 15 is 0 Å². The molecule has 0 aliphatic heterocycles. The largest absolute Gasteiger partial charge is 0.266 e. The van der Waals surface area contributed by atoms with Gasteiger partial charge >= 0.3 is 0 Å². The number of hydrogen-bond donors (Lipinski definition) is 0. The van der Waals surface area contributed by atoms with Crippen LogP contribution in [0.1, 0.15) is 25.0 Å². The zero-order chi connectivity index (χ0) is 21.8. The van der Waals surface area contributed by atoms with Crippen LogP contribution in [-0.2, 0) is 23.1 Å². The third-order valence-corrected chi connectivity index (χ3v) is 7.91. The van der Waals surface area contributed by atoms with E-state index in [1.165, 1.54) is 11.3 Å². The Kier molecular flexibility index (Phi) is 6.36. The summed E-state index contributed by atoms with van der Waals surface area (Å²) < 4.78 is 30.9. The standard InChI is InChI=1S/C24H25N3O2S2/c1-19(2)27(17-21-12-7-4-8-13-21)31(28,29)23-18-26(16-20-10-5-3-6-11-20)25-24(23)22-14-9-15-30-22/h3-15,18-19H,16-17H2,1-2H3. The Hall–Kier alpha value is -2.74. The van der Waals surface area contributed by atoms with Gasteiger partial charge in [0.15, 0.2) is 0 Å². The molecule has 160 valence electrons. The fraction of sp³-hybridized carbons (Fsp3) is 0.208. The zero-order valence-electron chi connectivity index (χ0n) is 17.5. The molecule has 4 rings (SSSR count). The minimum atomic E-state index is -3.77. The Morgan fingerprint density at radius 1 is 0.935 bits per heavy atom. The van der Waals surface area contributed by atoms with E-state index in [2.05, 4.69) is 5.10 Å². The first-order valence-electron chi connectivity index (χ1n) is 10.2. The molecule has 0 fully saturated rings. The summed E-state index contributed by atoms with van der Waals surface area (Å²) in [6.07, 6.45) is 1.66. The highest BCUT2D eigenvalue weighted by Gasteiger charge is 2.32. The van der Waals surface area contributed by atoms with Crippen LogP contribution >= 0.6 is 11.3 Å². The van der Waals surface area contributed by atoms with Gasteiger partial charge in [0.25, 0.3) is 0 Å². The van der Waals surface area contributed by atoms with Crippen molar-refractivity contribution < 1.29 is 8.42 Å². The molecule has 0 saturated carbocycles. The van der Waals surface area contributed by atoms with E-state index in [4.69, 9.17) is 0 Å². The van der Waals surface area contributed by atoms with Crippen molar-refractivity contribution >= 4 is 21.4 Å². The lowest BCUT2D eigenvalue weighted by Gasteiger charge is -2.25. The van der Waals surface area contributed by atoms with Crippen LogP contribution in [0.15, 0.2) is 89.3 Å². The topological polar surface area (TPSA) is 55.2 Å². The Morgan fingerprint density at radius 3 is 2.16 bits per heavy atom. The summed E-state index contributed by atoms with van der Waals surface area (Å²) in [5.74, 6) is 0. The van der Waals surface area contributed by atoms with Crippen LogP contribution in [0.2, 0.25) is 0 Å². The average molecular weight is 452 g/mol.